The zero-order valence-electron chi connectivity index (χ0n) is 14.0. The molecule has 0 bridgehead atoms. The summed E-state index contributed by atoms with van der Waals surface area (Å²) in [6, 6.07) is 2.37. The van der Waals surface area contributed by atoms with Gasteiger partial charge in [-0.15, -0.1) is 0 Å². The molecule has 2 aromatic rings. The van der Waals surface area contributed by atoms with E-state index in [1.807, 2.05) is 6.07 Å². The first-order chi connectivity index (χ1) is 11.8. The highest BCUT2D eigenvalue weighted by Gasteiger charge is 2.25. The summed E-state index contributed by atoms with van der Waals surface area (Å²) in [6.45, 7) is 4.05. The van der Waals surface area contributed by atoms with Crippen LogP contribution in [0.5, 0.6) is 0 Å². The summed E-state index contributed by atoms with van der Waals surface area (Å²) < 4.78 is 0. The van der Waals surface area contributed by atoms with Gasteiger partial charge in [-0.05, 0) is 26.0 Å². The van der Waals surface area contributed by atoms with E-state index in [1.165, 1.54) is 11.3 Å². The number of nitrogens with zero attached hydrogens (tertiary/aromatic N) is 6. The van der Waals surface area contributed by atoms with Crippen LogP contribution in [0.3, 0.4) is 0 Å². The Morgan fingerprint density at radius 2 is 1.96 bits per heavy atom. The van der Waals surface area contributed by atoms with E-state index in [0.717, 1.165) is 57.1 Å². The number of aromatic nitrogens is 4. The molecule has 1 fully saturated rings. The number of rotatable bonds is 3. The molecule has 2 aliphatic rings. The van der Waals surface area contributed by atoms with Crippen molar-refractivity contribution in [1.82, 2.24) is 24.8 Å². The molecule has 7 nitrogen and oxygen atoms in total. The molecule has 0 saturated carbocycles. The van der Waals surface area contributed by atoms with Crippen LogP contribution in [0.15, 0.2) is 24.9 Å². The van der Waals surface area contributed by atoms with Crippen molar-refractivity contribution in [3.05, 3.63) is 36.2 Å². The molecular weight excluding hydrogens is 302 g/mol. The lowest BCUT2D eigenvalue weighted by Crippen LogP contribution is -2.41. The summed E-state index contributed by atoms with van der Waals surface area (Å²) in [6.07, 6.45) is 8.27. The molecule has 0 unspecified atom stereocenters. The highest BCUT2D eigenvalue weighted by Crippen LogP contribution is 2.27. The Morgan fingerprint density at radius 1 is 1.08 bits per heavy atom. The fourth-order valence-corrected chi connectivity index (χ4v) is 3.55. The standard InChI is InChI=1S/C17H23N7/c1-23-7-5-15-14(10-23)17(21-12-19-15)24-8-3-13(4-9-24)22-16-2-6-18-11-20-16/h2,6,11-13H,3-5,7-10H2,1H3,(H,18,20,22). The van der Waals surface area contributed by atoms with Crippen molar-refractivity contribution >= 4 is 11.6 Å². The van der Waals surface area contributed by atoms with Crippen LogP contribution in [-0.2, 0) is 13.0 Å². The fraction of sp³-hybridized carbons (Fsp3) is 0.529. The summed E-state index contributed by atoms with van der Waals surface area (Å²) in [5.74, 6) is 2.04. The van der Waals surface area contributed by atoms with Gasteiger partial charge in [0.05, 0.1) is 5.69 Å². The first kappa shape index (κ1) is 15.3. The number of hydrogen-bond donors (Lipinski definition) is 1. The zero-order valence-corrected chi connectivity index (χ0v) is 14.0. The molecule has 2 aliphatic heterocycles. The minimum Gasteiger partial charge on any atom is -0.367 e. The summed E-state index contributed by atoms with van der Waals surface area (Å²) in [7, 11) is 2.16. The average molecular weight is 325 g/mol. The highest BCUT2D eigenvalue weighted by molar-refractivity contribution is 5.50. The molecule has 126 valence electrons. The first-order valence-corrected chi connectivity index (χ1v) is 8.58. The Bertz CT molecular complexity index is 683. The van der Waals surface area contributed by atoms with Gasteiger partial charge in [-0.3, -0.25) is 0 Å². The summed E-state index contributed by atoms with van der Waals surface area (Å²) >= 11 is 0. The molecule has 4 heterocycles. The van der Waals surface area contributed by atoms with Gasteiger partial charge >= 0.3 is 0 Å². The fourth-order valence-electron chi connectivity index (χ4n) is 3.55. The van der Waals surface area contributed by atoms with Crippen LogP contribution in [0.25, 0.3) is 0 Å². The normalized spacial score (nSPS) is 19.1. The molecule has 0 aliphatic carbocycles. The quantitative estimate of drug-likeness (QED) is 0.913. The number of fused-ring (bicyclic) bond motifs is 1. The molecule has 24 heavy (non-hydrogen) atoms. The number of likely N-dealkylation sites (N-methyl/N-ethyl adjacent to an activating group) is 1. The van der Waals surface area contributed by atoms with Crippen LogP contribution < -0.4 is 10.2 Å². The topological polar surface area (TPSA) is 70.1 Å². The molecule has 2 aromatic heterocycles. The van der Waals surface area contributed by atoms with Gasteiger partial charge < -0.3 is 15.1 Å². The number of anilines is 2. The van der Waals surface area contributed by atoms with E-state index in [0.29, 0.717) is 6.04 Å². The maximum atomic E-state index is 4.61. The predicted molar refractivity (Wildman–Crippen MR) is 93.0 cm³/mol. The van der Waals surface area contributed by atoms with Gasteiger partial charge in [0, 0.05) is 50.4 Å². The first-order valence-electron chi connectivity index (χ1n) is 8.58. The van der Waals surface area contributed by atoms with Gasteiger partial charge in [0.1, 0.15) is 24.3 Å². The van der Waals surface area contributed by atoms with Crippen LogP contribution in [0.2, 0.25) is 0 Å². The second-order valence-electron chi connectivity index (χ2n) is 6.61. The van der Waals surface area contributed by atoms with Gasteiger partial charge in [0.15, 0.2) is 0 Å². The van der Waals surface area contributed by atoms with E-state index < -0.39 is 0 Å². The Balaban J connectivity index is 1.43. The van der Waals surface area contributed by atoms with Crippen molar-refractivity contribution < 1.29 is 0 Å². The number of hydrogen-bond acceptors (Lipinski definition) is 7. The third-order valence-corrected chi connectivity index (χ3v) is 4.90. The number of piperidine rings is 1. The number of nitrogens with one attached hydrogen (secondary N) is 1. The lowest BCUT2D eigenvalue weighted by atomic mass is 10.0. The molecule has 1 saturated heterocycles. The molecule has 4 rings (SSSR count). The van der Waals surface area contributed by atoms with Crippen molar-refractivity contribution in [3.63, 3.8) is 0 Å². The Morgan fingerprint density at radius 3 is 2.75 bits per heavy atom. The Kier molecular flexibility index (Phi) is 4.25. The minimum atomic E-state index is 0.455. The maximum absolute atomic E-state index is 4.61. The summed E-state index contributed by atoms with van der Waals surface area (Å²) in [5, 5.41) is 3.50. The lowest BCUT2D eigenvalue weighted by molar-refractivity contribution is 0.309. The summed E-state index contributed by atoms with van der Waals surface area (Å²) in [4.78, 5) is 22.1. The molecule has 0 radical (unpaired) electrons. The maximum Gasteiger partial charge on any atom is 0.136 e. The van der Waals surface area contributed by atoms with Crippen LogP contribution in [-0.4, -0.2) is 57.6 Å². The van der Waals surface area contributed by atoms with E-state index in [2.05, 4.69) is 42.1 Å². The van der Waals surface area contributed by atoms with Gasteiger partial charge in [0.25, 0.3) is 0 Å². The molecular formula is C17H23N7. The smallest absolute Gasteiger partial charge is 0.136 e. The van der Waals surface area contributed by atoms with Gasteiger partial charge in [0.2, 0.25) is 0 Å². The van der Waals surface area contributed by atoms with Crippen LogP contribution >= 0.6 is 0 Å². The van der Waals surface area contributed by atoms with Crippen LogP contribution in [0.1, 0.15) is 24.1 Å². The third kappa shape index (κ3) is 3.17. The van der Waals surface area contributed by atoms with E-state index in [-0.39, 0.29) is 0 Å². The second kappa shape index (κ2) is 6.68. The van der Waals surface area contributed by atoms with Crippen molar-refractivity contribution in [1.29, 1.82) is 0 Å². The van der Waals surface area contributed by atoms with E-state index >= 15 is 0 Å². The minimum absolute atomic E-state index is 0.455. The zero-order chi connectivity index (χ0) is 16.4. The average Bonchev–Trinajstić information content (AvgIpc) is 2.63. The van der Waals surface area contributed by atoms with Gasteiger partial charge in [-0.1, -0.05) is 0 Å². The monoisotopic (exact) mass is 325 g/mol. The summed E-state index contributed by atoms with van der Waals surface area (Å²) in [5.41, 5.74) is 2.53. The molecule has 0 atom stereocenters. The predicted octanol–water partition coefficient (Wildman–Crippen LogP) is 1.34. The SMILES string of the molecule is CN1CCc2ncnc(N3CCC(Nc4ccncn4)CC3)c2C1. The van der Waals surface area contributed by atoms with Crippen LogP contribution in [0.4, 0.5) is 11.6 Å². The van der Waals surface area contributed by atoms with E-state index in [4.69, 9.17) is 0 Å². The largest absolute Gasteiger partial charge is 0.367 e. The molecule has 1 N–H and O–H groups in total. The van der Waals surface area contributed by atoms with Crippen LogP contribution in [0, 0.1) is 0 Å². The second-order valence-corrected chi connectivity index (χ2v) is 6.61. The Labute approximate surface area is 142 Å². The highest BCUT2D eigenvalue weighted by atomic mass is 15.2. The van der Waals surface area contributed by atoms with E-state index in [9.17, 15) is 0 Å². The van der Waals surface area contributed by atoms with Gasteiger partial charge in [-0.2, -0.15) is 0 Å². The van der Waals surface area contributed by atoms with Crippen molar-refractivity contribution in [2.75, 3.05) is 36.9 Å². The molecule has 0 aromatic carbocycles. The Hall–Kier alpha value is -2.28. The third-order valence-electron chi connectivity index (χ3n) is 4.90. The van der Waals surface area contributed by atoms with Crippen molar-refractivity contribution in [3.8, 4) is 0 Å². The molecule has 7 heteroatoms. The van der Waals surface area contributed by atoms with E-state index in [1.54, 1.807) is 18.9 Å². The lowest BCUT2D eigenvalue weighted by Gasteiger charge is -2.36. The van der Waals surface area contributed by atoms with Crippen molar-refractivity contribution in [2.45, 2.75) is 31.8 Å². The van der Waals surface area contributed by atoms with Crippen molar-refractivity contribution in [2.24, 2.45) is 0 Å². The molecule has 0 amide bonds. The van der Waals surface area contributed by atoms with Gasteiger partial charge in [-0.25, -0.2) is 19.9 Å². The molecule has 0 spiro atoms.